The first-order chi connectivity index (χ1) is 10.8. The Labute approximate surface area is 130 Å². The fraction of sp³-hybridized carbons (Fsp3) is 0.412. The Hall–Kier alpha value is -2.14. The number of aromatic nitrogens is 2. The van der Waals surface area contributed by atoms with Crippen LogP contribution in [0, 0.1) is 0 Å². The quantitative estimate of drug-likeness (QED) is 0.918. The van der Waals surface area contributed by atoms with Crippen LogP contribution in [-0.4, -0.2) is 33.2 Å². The first-order valence-electron chi connectivity index (χ1n) is 7.83. The van der Waals surface area contributed by atoms with Crippen molar-refractivity contribution in [3.8, 4) is 0 Å². The van der Waals surface area contributed by atoms with Crippen LogP contribution < -0.4 is 5.73 Å². The zero-order chi connectivity index (χ0) is 15.4. The van der Waals surface area contributed by atoms with E-state index in [1.807, 2.05) is 47.3 Å². The second kappa shape index (κ2) is 6.75. The normalized spacial score (nSPS) is 20.6. The van der Waals surface area contributed by atoms with E-state index in [0.717, 1.165) is 31.5 Å². The summed E-state index contributed by atoms with van der Waals surface area (Å²) >= 11 is 0. The van der Waals surface area contributed by atoms with E-state index in [4.69, 9.17) is 5.73 Å². The van der Waals surface area contributed by atoms with Gasteiger partial charge in [-0.05, 0) is 31.0 Å². The summed E-state index contributed by atoms with van der Waals surface area (Å²) in [6.07, 6.45) is 7.11. The van der Waals surface area contributed by atoms with Gasteiger partial charge in [-0.25, -0.2) is 0 Å². The van der Waals surface area contributed by atoms with Crippen LogP contribution >= 0.6 is 0 Å². The summed E-state index contributed by atoms with van der Waals surface area (Å²) in [5.74, 6) is -0.279. The second-order valence-corrected chi connectivity index (χ2v) is 5.83. The number of primary amides is 1. The smallest absolute Gasteiger partial charge is 0.239 e. The Morgan fingerprint density at radius 3 is 2.77 bits per heavy atom. The molecule has 0 aliphatic carbocycles. The molecule has 1 saturated heterocycles. The number of hydrogen-bond donors (Lipinski definition) is 1. The van der Waals surface area contributed by atoms with Gasteiger partial charge in [-0.15, -0.1) is 0 Å². The number of nitrogens with two attached hydrogens (primary N) is 1. The molecule has 2 atom stereocenters. The molecular formula is C17H22N4O. The number of rotatable bonds is 5. The second-order valence-electron chi connectivity index (χ2n) is 5.83. The largest absolute Gasteiger partial charge is 0.368 e. The third-order valence-electron chi connectivity index (χ3n) is 4.35. The zero-order valence-corrected chi connectivity index (χ0v) is 12.6. The number of hydrogen-bond acceptors (Lipinski definition) is 3. The molecule has 2 aromatic rings. The van der Waals surface area contributed by atoms with Gasteiger partial charge in [0.2, 0.25) is 5.91 Å². The van der Waals surface area contributed by atoms with Crippen LogP contribution in [0.25, 0.3) is 0 Å². The van der Waals surface area contributed by atoms with Crippen molar-refractivity contribution in [3.63, 3.8) is 0 Å². The van der Waals surface area contributed by atoms with Crippen LogP contribution in [0.15, 0.2) is 48.8 Å². The van der Waals surface area contributed by atoms with Gasteiger partial charge < -0.3 is 5.73 Å². The molecule has 2 N–H and O–H groups in total. The highest BCUT2D eigenvalue weighted by Gasteiger charge is 2.33. The molecule has 22 heavy (non-hydrogen) atoms. The maximum Gasteiger partial charge on any atom is 0.239 e. The minimum atomic E-state index is -0.359. The zero-order valence-electron chi connectivity index (χ0n) is 12.6. The van der Waals surface area contributed by atoms with Crippen molar-refractivity contribution in [1.29, 1.82) is 0 Å². The number of piperidine rings is 1. The number of carbonyl (C=O) groups is 1. The molecule has 0 saturated carbocycles. The fourth-order valence-corrected chi connectivity index (χ4v) is 3.34. The molecule has 0 radical (unpaired) electrons. The Bertz CT molecular complexity index is 596. The predicted molar refractivity (Wildman–Crippen MR) is 84.9 cm³/mol. The van der Waals surface area contributed by atoms with Crippen LogP contribution in [0.1, 0.15) is 30.9 Å². The van der Waals surface area contributed by atoms with E-state index in [9.17, 15) is 4.79 Å². The highest BCUT2D eigenvalue weighted by Crippen LogP contribution is 2.29. The number of carbonyl (C=O) groups excluding carboxylic acids is 1. The van der Waals surface area contributed by atoms with Gasteiger partial charge >= 0.3 is 0 Å². The van der Waals surface area contributed by atoms with Gasteiger partial charge in [0.25, 0.3) is 0 Å². The average Bonchev–Trinajstić information content (AvgIpc) is 3.03. The lowest BCUT2D eigenvalue weighted by atomic mass is 9.96. The summed E-state index contributed by atoms with van der Waals surface area (Å²) < 4.78 is 1.94. The van der Waals surface area contributed by atoms with Gasteiger partial charge in [0, 0.05) is 18.4 Å². The third-order valence-corrected chi connectivity index (χ3v) is 4.35. The monoisotopic (exact) mass is 298 g/mol. The summed E-state index contributed by atoms with van der Waals surface area (Å²) in [4.78, 5) is 14.4. The van der Waals surface area contributed by atoms with Crippen LogP contribution in [0.5, 0.6) is 0 Å². The first kappa shape index (κ1) is 14.8. The van der Waals surface area contributed by atoms with Crippen molar-refractivity contribution in [2.24, 2.45) is 5.73 Å². The molecule has 1 aliphatic rings. The standard InChI is InChI=1S/C17H22N4O/c18-17(22)16(14-7-2-1-3-8-14)21-12-5-4-9-15(21)13-20-11-6-10-19-20/h1-3,6-8,10-11,15-16H,4-5,9,12-13H2,(H2,18,22)/t15-,16+/m1/s1. The summed E-state index contributed by atoms with van der Waals surface area (Å²) in [7, 11) is 0. The average molecular weight is 298 g/mol. The van der Waals surface area contributed by atoms with Gasteiger partial charge in [0.05, 0.1) is 6.54 Å². The molecule has 0 spiro atoms. The molecule has 5 nitrogen and oxygen atoms in total. The van der Waals surface area contributed by atoms with Gasteiger partial charge in [0.15, 0.2) is 0 Å². The van der Waals surface area contributed by atoms with Crippen molar-refractivity contribution in [2.75, 3.05) is 6.54 Å². The fourth-order valence-electron chi connectivity index (χ4n) is 3.34. The van der Waals surface area contributed by atoms with E-state index >= 15 is 0 Å². The van der Waals surface area contributed by atoms with E-state index in [1.54, 1.807) is 6.20 Å². The molecule has 2 heterocycles. The van der Waals surface area contributed by atoms with Gasteiger partial charge in [0.1, 0.15) is 6.04 Å². The topological polar surface area (TPSA) is 64.2 Å². The Morgan fingerprint density at radius 1 is 1.27 bits per heavy atom. The van der Waals surface area contributed by atoms with E-state index in [0.29, 0.717) is 0 Å². The molecule has 116 valence electrons. The molecule has 1 aromatic heterocycles. The summed E-state index contributed by atoms with van der Waals surface area (Å²) in [5.41, 5.74) is 6.71. The van der Waals surface area contributed by atoms with Crippen molar-refractivity contribution < 1.29 is 4.79 Å². The molecular weight excluding hydrogens is 276 g/mol. The SMILES string of the molecule is NC(=O)[C@H](c1ccccc1)N1CCCC[C@@H]1Cn1cccn1. The maximum absolute atomic E-state index is 12.1. The van der Waals surface area contributed by atoms with Gasteiger partial charge in [-0.1, -0.05) is 36.8 Å². The Kier molecular flexibility index (Phi) is 4.53. The first-order valence-corrected chi connectivity index (χ1v) is 7.83. The lowest BCUT2D eigenvalue weighted by molar-refractivity contribution is -0.125. The van der Waals surface area contributed by atoms with Crippen molar-refractivity contribution in [1.82, 2.24) is 14.7 Å². The van der Waals surface area contributed by atoms with Crippen molar-refractivity contribution in [3.05, 3.63) is 54.4 Å². The predicted octanol–water partition coefficient (Wildman–Crippen LogP) is 1.96. The molecule has 1 aliphatic heterocycles. The van der Waals surface area contributed by atoms with Crippen molar-refractivity contribution >= 4 is 5.91 Å². The molecule has 0 bridgehead atoms. The Morgan fingerprint density at radius 2 is 2.09 bits per heavy atom. The maximum atomic E-state index is 12.1. The van der Waals surface area contributed by atoms with Gasteiger partial charge in [-0.2, -0.15) is 5.10 Å². The van der Waals surface area contributed by atoms with E-state index < -0.39 is 0 Å². The van der Waals surface area contributed by atoms with E-state index in [-0.39, 0.29) is 18.0 Å². The Balaban J connectivity index is 1.85. The summed E-state index contributed by atoms with van der Waals surface area (Å²) in [6.45, 7) is 1.69. The lowest BCUT2D eigenvalue weighted by Gasteiger charge is -2.40. The van der Waals surface area contributed by atoms with Crippen LogP contribution in [0.2, 0.25) is 0 Å². The van der Waals surface area contributed by atoms with Gasteiger partial charge in [-0.3, -0.25) is 14.4 Å². The minimum absolute atomic E-state index is 0.279. The molecule has 1 fully saturated rings. The molecule has 1 aromatic carbocycles. The third kappa shape index (κ3) is 3.20. The number of amides is 1. The number of benzene rings is 1. The van der Waals surface area contributed by atoms with E-state index in [1.165, 1.54) is 6.42 Å². The molecule has 1 amide bonds. The molecule has 3 rings (SSSR count). The molecule has 5 heteroatoms. The number of nitrogens with zero attached hydrogens (tertiary/aromatic N) is 3. The summed E-state index contributed by atoms with van der Waals surface area (Å²) in [5, 5.41) is 4.30. The van der Waals surface area contributed by atoms with Crippen LogP contribution in [-0.2, 0) is 11.3 Å². The highest BCUT2D eigenvalue weighted by atomic mass is 16.1. The van der Waals surface area contributed by atoms with Crippen LogP contribution in [0.4, 0.5) is 0 Å². The van der Waals surface area contributed by atoms with E-state index in [2.05, 4.69) is 10.00 Å². The minimum Gasteiger partial charge on any atom is -0.368 e. The summed E-state index contributed by atoms with van der Waals surface area (Å²) in [6, 6.07) is 11.7. The lowest BCUT2D eigenvalue weighted by Crippen LogP contribution is -2.48. The number of likely N-dealkylation sites (tertiary alicyclic amines) is 1. The highest BCUT2D eigenvalue weighted by molar-refractivity contribution is 5.81. The van der Waals surface area contributed by atoms with Crippen molar-refractivity contribution in [2.45, 2.75) is 37.9 Å². The molecule has 0 unspecified atom stereocenters. The van der Waals surface area contributed by atoms with Crippen LogP contribution in [0.3, 0.4) is 0 Å².